The lowest BCUT2D eigenvalue weighted by Crippen LogP contribution is -2.36. The molecule has 2 atom stereocenters. The molecule has 1 fully saturated rings. The number of nitrogens with one attached hydrogen (secondary N) is 1. The minimum atomic E-state index is -0.0746. The van der Waals surface area contributed by atoms with E-state index in [4.69, 9.17) is 0 Å². The highest BCUT2D eigenvalue weighted by atomic mass is 16.1. The zero-order valence-corrected chi connectivity index (χ0v) is 13.6. The Bertz CT molecular complexity index is 887. The van der Waals surface area contributed by atoms with Crippen molar-refractivity contribution in [2.24, 2.45) is 0 Å². The fraction of sp³-hybridized carbons (Fsp3) is 0.412. The Morgan fingerprint density at radius 3 is 3.08 bits per heavy atom. The molecular weight excluding hydrogens is 304 g/mol. The van der Waals surface area contributed by atoms with Crippen LogP contribution in [0.1, 0.15) is 31.6 Å². The zero-order chi connectivity index (χ0) is 16.5. The van der Waals surface area contributed by atoms with E-state index in [0.29, 0.717) is 11.4 Å². The van der Waals surface area contributed by atoms with Gasteiger partial charge in [0.1, 0.15) is 18.5 Å². The number of para-hydroxylation sites is 1. The first-order chi connectivity index (χ1) is 11.7. The maximum absolute atomic E-state index is 12.3. The van der Waals surface area contributed by atoms with Crippen molar-refractivity contribution in [2.75, 3.05) is 6.54 Å². The second-order valence-electron chi connectivity index (χ2n) is 6.30. The molecule has 1 saturated heterocycles. The van der Waals surface area contributed by atoms with Crippen molar-refractivity contribution in [2.45, 2.75) is 38.4 Å². The fourth-order valence-electron chi connectivity index (χ4n) is 3.57. The highest BCUT2D eigenvalue weighted by molar-refractivity contribution is 5.77. The van der Waals surface area contributed by atoms with Gasteiger partial charge in [0.25, 0.3) is 5.56 Å². The van der Waals surface area contributed by atoms with Crippen LogP contribution in [0, 0.1) is 0 Å². The number of hydrogen-bond donors (Lipinski definition) is 1. The van der Waals surface area contributed by atoms with Crippen molar-refractivity contribution in [3.63, 3.8) is 0 Å². The van der Waals surface area contributed by atoms with Gasteiger partial charge in [-0.1, -0.05) is 12.1 Å². The lowest BCUT2D eigenvalue weighted by molar-refractivity contribution is 0.167. The summed E-state index contributed by atoms with van der Waals surface area (Å²) in [6.45, 7) is 3.91. The van der Waals surface area contributed by atoms with Crippen molar-refractivity contribution in [1.29, 1.82) is 0 Å². The first kappa shape index (κ1) is 15.0. The Kier molecular flexibility index (Phi) is 3.86. The number of aromatic nitrogens is 5. The summed E-state index contributed by atoms with van der Waals surface area (Å²) in [7, 11) is 0. The van der Waals surface area contributed by atoms with Crippen LogP contribution in [0.4, 0.5) is 0 Å². The second kappa shape index (κ2) is 6.16. The van der Waals surface area contributed by atoms with Gasteiger partial charge >= 0.3 is 0 Å². The number of hydrogen-bond acceptors (Lipinski definition) is 5. The van der Waals surface area contributed by atoms with Gasteiger partial charge in [-0.2, -0.15) is 5.10 Å². The number of H-pyrrole nitrogens is 1. The molecular formula is C17H20N6O. The summed E-state index contributed by atoms with van der Waals surface area (Å²) in [5.41, 5.74) is 0.671. The van der Waals surface area contributed by atoms with Gasteiger partial charge < -0.3 is 4.98 Å². The first-order valence-corrected chi connectivity index (χ1v) is 8.29. The summed E-state index contributed by atoms with van der Waals surface area (Å²) >= 11 is 0. The average Bonchev–Trinajstić information content (AvgIpc) is 3.26. The van der Waals surface area contributed by atoms with Crippen molar-refractivity contribution in [3.05, 3.63) is 53.1 Å². The predicted octanol–water partition coefficient (Wildman–Crippen LogP) is 1.74. The van der Waals surface area contributed by atoms with Crippen LogP contribution in [0.25, 0.3) is 10.9 Å². The summed E-state index contributed by atoms with van der Waals surface area (Å²) in [4.78, 5) is 26.4. The third-order valence-electron chi connectivity index (χ3n) is 4.81. The fourth-order valence-corrected chi connectivity index (χ4v) is 3.57. The molecule has 3 aromatic rings. The van der Waals surface area contributed by atoms with Gasteiger partial charge in [0, 0.05) is 6.04 Å². The minimum absolute atomic E-state index is 0.0540. The zero-order valence-electron chi connectivity index (χ0n) is 13.6. The van der Waals surface area contributed by atoms with E-state index in [2.05, 4.69) is 31.9 Å². The molecule has 2 aromatic heterocycles. The molecule has 1 aromatic carbocycles. The molecule has 0 bridgehead atoms. The van der Waals surface area contributed by atoms with Crippen LogP contribution >= 0.6 is 0 Å². The molecule has 7 heteroatoms. The van der Waals surface area contributed by atoms with Gasteiger partial charge in [0.05, 0.1) is 23.5 Å². The van der Waals surface area contributed by atoms with Gasteiger partial charge in [0.2, 0.25) is 0 Å². The third kappa shape index (κ3) is 2.71. The Hall–Kier alpha value is -2.54. The Morgan fingerprint density at radius 2 is 2.25 bits per heavy atom. The van der Waals surface area contributed by atoms with Crippen LogP contribution in [-0.4, -0.2) is 42.2 Å². The summed E-state index contributed by atoms with van der Waals surface area (Å²) in [5, 5.41) is 4.84. The van der Waals surface area contributed by atoms with Crippen LogP contribution < -0.4 is 5.56 Å². The minimum Gasteiger partial charge on any atom is -0.309 e. The SMILES string of the molecule is C[C@H](c1nc2ccccc2c(=O)[nH]1)N1CCC[C@@H]1Cn1cncn1. The molecule has 4 rings (SSSR count). The molecule has 7 nitrogen and oxygen atoms in total. The van der Waals surface area contributed by atoms with Gasteiger partial charge in [-0.25, -0.2) is 9.97 Å². The van der Waals surface area contributed by atoms with Crippen LogP contribution in [0.5, 0.6) is 0 Å². The maximum Gasteiger partial charge on any atom is 0.258 e. The van der Waals surface area contributed by atoms with Gasteiger partial charge in [-0.3, -0.25) is 14.4 Å². The standard InChI is InChI=1S/C17H20N6O/c1-12(16-20-15-7-3-2-6-14(15)17(24)21-16)23-8-4-5-13(23)9-22-11-18-10-19-22/h2-3,6-7,10-13H,4-5,8-9H2,1H3,(H,20,21,24)/t12-,13-/m1/s1. The topological polar surface area (TPSA) is 79.7 Å². The highest BCUT2D eigenvalue weighted by Gasteiger charge is 2.31. The molecule has 0 aliphatic carbocycles. The van der Waals surface area contributed by atoms with E-state index in [9.17, 15) is 4.79 Å². The Balaban J connectivity index is 1.62. The van der Waals surface area contributed by atoms with Crippen molar-refractivity contribution in [1.82, 2.24) is 29.6 Å². The maximum atomic E-state index is 12.3. The number of benzene rings is 1. The van der Waals surface area contributed by atoms with Crippen molar-refractivity contribution < 1.29 is 0 Å². The van der Waals surface area contributed by atoms with Crippen LogP contribution in [0.3, 0.4) is 0 Å². The lowest BCUT2D eigenvalue weighted by atomic mass is 10.1. The van der Waals surface area contributed by atoms with Crippen molar-refractivity contribution in [3.8, 4) is 0 Å². The smallest absolute Gasteiger partial charge is 0.258 e. The summed E-state index contributed by atoms with van der Waals surface area (Å²) < 4.78 is 1.87. The predicted molar refractivity (Wildman–Crippen MR) is 90.5 cm³/mol. The van der Waals surface area contributed by atoms with Crippen molar-refractivity contribution >= 4 is 10.9 Å². The van der Waals surface area contributed by atoms with E-state index in [1.807, 2.05) is 22.9 Å². The van der Waals surface area contributed by atoms with Gasteiger partial charge in [-0.15, -0.1) is 0 Å². The van der Waals surface area contributed by atoms with E-state index in [1.165, 1.54) is 0 Å². The van der Waals surface area contributed by atoms with Crippen LogP contribution in [0.15, 0.2) is 41.7 Å². The highest BCUT2D eigenvalue weighted by Crippen LogP contribution is 2.28. The molecule has 124 valence electrons. The molecule has 0 unspecified atom stereocenters. The normalized spacial score (nSPS) is 19.8. The largest absolute Gasteiger partial charge is 0.309 e. The van der Waals surface area contributed by atoms with Gasteiger partial charge in [-0.05, 0) is 38.4 Å². The quantitative estimate of drug-likeness (QED) is 0.791. The number of fused-ring (bicyclic) bond motifs is 1. The molecule has 1 N–H and O–H groups in total. The third-order valence-corrected chi connectivity index (χ3v) is 4.81. The van der Waals surface area contributed by atoms with Crippen LogP contribution in [0.2, 0.25) is 0 Å². The van der Waals surface area contributed by atoms with E-state index in [1.54, 1.807) is 18.7 Å². The number of aromatic amines is 1. The summed E-state index contributed by atoms with van der Waals surface area (Å²) in [5.74, 6) is 0.726. The molecule has 1 aliphatic heterocycles. The lowest BCUT2D eigenvalue weighted by Gasteiger charge is -2.29. The molecule has 3 heterocycles. The second-order valence-corrected chi connectivity index (χ2v) is 6.30. The van der Waals surface area contributed by atoms with Gasteiger partial charge in [0.15, 0.2) is 0 Å². The van der Waals surface area contributed by atoms with Crippen LogP contribution in [-0.2, 0) is 6.54 Å². The van der Waals surface area contributed by atoms with E-state index >= 15 is 0 Å². The van der Waals surface area contributed by atoms with E-state index in [-0.39, 0.29) is 11.6 Å². The molecule has 0 saturated carbocycles. The monoisotopic (exact) mass is 324 g/mol. The van der Waals surface area contributed by atoms with E-state index in [0.717, 1.165) is 37.3 Å². The Morgan fingerprint density at radius 1 is 1.38 bits per heavy atom. The number of rotatable bonds is 4. The summed E-state index contributed by atoms with van der Waals surface area (Å²) in [6.07, 6.45) is 5.56. The first-order valence-electron chi connectivity index (χ1n) is 8.29. The molecule has 24 heavy (non-hydrogen) atoms. The molecule has 0 spiro atoms. The Labute approximate surface area is 139 Å². The molecule has 1 aliphatic rings. The number of likely N-dealkylation sites (tertiary alicyclic amines) is 1. The summed E-state index contributed by atoms with van der Waals surface area (Å²) in [6, 6.07) is 7.89. The average molecular weight is 324 g/mol. The molecule has 0 amide bonds. The van der Waals surface area contributed by atoms with E-state index < -0.39 is 0 Å². The number of nitrogens with zero attached hydrogens (tertiary/aromatic N) is 5. The molecule has 0 radical (unpaired) electrons.